The highest BCUT2D eigenvalue weighted by atomic mass is 79.9. The minimum Gasteiger partial charge on any atom is -1.00 e. The molecule has 0 spiro atoms. The van der Waals surface area contributed by atoms with Gasteiger partial charge in [0.2, 0.25) is 12.1 Å². The van der Waals surface area contributed by atoms with Crippen molar-refractivity contribution in [1.29, 1.82) is 0 Å². The number of furan rings is 1. The van der Waals surface area contributed by atoms with Crippen LogP contribution in [0.1, 0.15) is 27.7 Å². The Hall–Kier alpha value is -4.16. The molecule has 0 amide bonds. The summed E-state index contributed by atoms with van der Waals surface area (Å²) in [5.74, 6) is 0.940. The number of Topliss-reactive ketones (excluding diaryl/α,β-unsaturated/α-hetero) is 1. The van der Waals surface area contributed by atoms with Gasteiger partial charge < -0.3 is 26.5 Å². The van der Waals surface area contributed by atoms with E-state index in [1.165, 1.54) is 12.1 Å². The number of phenolic OH excluding ortho intramolecular Hbond substituents is 1. The lowest BCUT2D eigenvalue weighted by Gasteiger charge is -2.12. The first kappa shape index (κ1) is 23.6. The number of imidazole rings is 1. The summed E-state index contributed by atoms with van der Waals surface area (Å²) in [5, 5.41) is 10.6. The van der Waals surface area contributed by atoms with Crippen LogP contribution < -0.4 is 21.5 Å². The normalized spacial score (nSPS) is 11.9. The molecule has 5 nitrogen and oxygen atoms in total. The summed E-state index contributed by atoms with van der Waals surface area (Å²) in [4.78, 5) is 13.1. The maximum absolute atomic E-state index is 13.1. The fourth-order valence-corrected chi connectivity index (χ4v) is 4.66. The number of ketones is 1. The minimum absolute atomic E-state index is 0. The Balaban J connectivity index is 0.00000267. The largest absolute Gasteiger partial charge is 1.00 e. The molecular formula is C30H23BrN2O3. The minimum atomic E-state index is -0.210. The Morgan fingerprint density at radius 3 is 2.33 bits per heavy atom. The van der Waals surface area contributed by atoms with Crippen molar-refractivity contribution >= 4 is 27.8 Å². The number of aromatic hydroxyl groups is 1. The van der Waals surface area contributed by atoms with Crippen LogP contribution in [0, 0.1) is 0 Å². The Labute approximate surface area is 218 Å². The number of aromatic nitrogens is 2. The third kappa shape index (κ3) is 4.32. The first-order valence-electron chi connectivity index (χ1n) is 11.5. The number of phenols is 1. The predicted molar refractivity (Wildman–Crippen MR) is 134 cm³/mol. The van der Waals surface area contributed by atoms with Gasteiger partial charge in [0.1, 0.15) is 11.3 Å². The number of fused-ring (bicyclic) bond motifs is 2. The van der Waals surface area contributed by atoms with Gasteiger partial charge >= 0.3 is 0 Å². The number of halogens is 1. The monoisotopic (exact) mass is 538 g/mol. The number of hydrogen-bond acceptors (Lipinski definition) is 3. The molecule has 36 heavy (non-hydrogen) atoms. The van der Waals surface area contributed by atoms with E-state index in [4.69, 9.17) is 4.42 Å². The van der Waals surface area contributed by atoms with E-state index in [2.05, 4.69) is 34.9 Å². The molecule has 0 bridgehead atoms. The second kappa shape index (κ2) is 9.84. The lowest BCUT2D eigenvalue weighted by molar-refractivity contribution is -0.658. The summed E-state index contributed by atoms with van der Waals surface area (Å²) in [6.45, 7) is 0.180. The van der Waals surface area contributed by atoms with E-state index in [1.807, 2.05) is 65.5 Å². The van der Waals surface area contributed by atoms with Gasteiger partial charge in [-0.25, -0.2) is 9.13 Å². The number of rotatable bonds is 6. The number of para-hydroxylation sites is 3. The molecular weight excluding hydrogens is 516 g/mol. The summed E-state index contributed by atoms with van der Waals surface area (Å²) in [5.41, 5.74) is 4.45. The molecule has 1 unspecified atom stereocenters. The molecule has 2 aromatic heterocycles. The summed E-state index contributed by atoms with van der Waals surface area (Å²) < 4.78 is 10.5. The van der Waals surface area contributed by atoms with Crippen LogP contribution in [-0.2, 0) is 6.54 Å². The Morgan fingerprint density at radius 1 is 0.861 bits per heavy atom. The number of benzene rings is 4. The smallest absolute Gasteiger partial charge is 0.246 e. The van der Waals surface area contributed by atoms with Gasteiger partial charge in [0.25, 0.3) is 0 Å². The van der Waals surface area contributed by atoms with Crippen molar-refractivity contribution < 1.29 is 35.9 Å². The molecule has 2 heterocycles. The third-order valence-electron chi connectivity index (χ3n) is 6.34. The van der Waals surface area contributed by atoms with E-state index >= 15 is 0 Å². The molecule has 0 fully saturated rings. The number of carbonyl (C=O) groups is 1. The lowest BCUT2D eigenvalue weighted by Crippen LogP contribution is -3.00. The van der Waals surface area contributed by atoms with Crippen LogP contribution in [-0.4, -0.2) is 15.5 Å². The topological polar surface area (TPSA) is 59.2 Å². The van der Waals surface area contributed by atoms with Gasteiger partial charge in [0.05, 0.1) is 0 Å². The Kier molecular flexibility index (Phi) is 6.44. The fraction of sp³-hybridized carbons (Fsp3) is 0.0667. The second-order valence-electron chi connectivity index (χ2n) is 8.61. The molecule has 0 saturated heterocycles. The van der Waals surface area contributed by atoms with Crippen molar-refractivity contribution in [2.24, 2.45) is 0 Å². The van der Waals surface area contributed by atoms with Gasteiger partial charge in [-0.1, -0.05) is 60.7 Å². The average Bonchev–Trinajstić information content (AvgIpc) is 3.47. The van der Waals surface area contributed by atoms with Crippen LogP contribution >= 0.6 is 0 Å². The summed E-state index contributed by atoms with van der Waals surface area (Å²) in [6.07, 6.45) is 1.99. The van der Waals surface area contributed by atoms with E-state index in [0.29, 0.717) is 5.56 Å². The van der Waals surface area contributed by atoms with Crippen LogP contribution in [0.2, 0.25) is 0 Å². The standard InChI is InChI=1S/C30H22N2O3.BrH/c33-24-16-14-21(15-17-24)27(34)19-31-20-32(26-12-6-5-11-25(26)31)30(22-8-2-1-3-9-22)29-18-23-10-4-7-13-28(23)35-29;/h1-18,20,30H,19H2;1H. The Bertz CT molecular complexity index is 1620. The molecule has 6 heteroatoms. The van der Waals surface area contributed by atoms with E-state index in [-0.39, 0.29) is 41.1 Å². The molecule has 4 aromatic carbocycles. The van der Waals surface area contributed by atoms with Gasteiger partial charge in [0.15, 0.2) is 29.4 Å². The van der Waals surface area contributed by atoms with Crippen LogP contribution in [0.4, 0.5) is 0 Å². The second-order valence-corrected chi connectivity index (χ2v) is 8.61. The first-order chi connectivity index (χ1) is 17.2. The summed E-state index contributed by atoms with van der Waals surface area (Å²) in [6, 6.07) is 34.6. The van der Waals surface area contributed by atoms with Crippen molar-refractivity contribution in [3.8, 4) is 5.75 Å². The molecule has 0 aliphatic rings. The molecule has 6 rings (SSSR count). The maximum atomic E-state index is 13.1. The van der Waals surface area contributed by atoms with Gasteiger partial charge in [-0.05, 0) is 48.5 Å². The molecule has 178 valence electrons. The maximum Gasteiger partial charge on any atom is 0.246 e. The number of hydrogen-bond donors (Lipinski definition) is 1. The molecule has 1 N–H and O–H groups in total. The van der Waals surface area contributed by atoms with Crippen LogP contribution in [0.5, 0.6) is 5.75 Å². The van der Waals surface area contributed by atoms with E-state index in [9.17, 15) is 9.90 Å². The lowest BCUT2D eigenvalue weighted by atomic mass is 10.0. The molecule has 1 atom stereocenters. The summed E-state index contributed by atoms with van der Waals surface area (Å²) in [7, 11) is 0. The molecule has 0 aliphatic heterocycles. The fourth-order valence-electron chi connectivity index (χ4n) is 4.66. The zero-order valence-electron chi connectivity index (χ0n) is 19.3. The van der Waals surface area contributed by atoms with E-state index < -0.39 is 0 Å². The van der Waals surface area contributed by atoms with Crippen molar-refractivity contribution in [3.63, 3.8) is 0 Å². The number of carbonyl (C=O) groups excluding carboxylic acids is 1. The molecule has 0 radical (unpaired) electrons. The van der Waals surface area contributed by atoms with Crippen molar-refractivity contribution in [2.45, 2.75) is 12.6 Å². The molecule has 0 aliphatic carbocycles. The van der Waals surface area contributed by atoms with E-state index in [1.54, 1.807) is 12.1 Å². The van der Waals surface area contributed by atoms with Crippen molar-refractivity contribution in [2.75, 3.05) is 0 Å². The summed E-state index contributed by atoms with van der Waals surface area (Å²) >= 11 is 0. The molecule has 6 aromatic rings. The highest BCUT2D eigenvalue weighted by Gasteiger charge is 2.29. The van der Waals surface area contributed by atoms with Crippen molar-refractivity contribution in [1.82, 2.24) is 4.57 Å². The number of nitrogens with zero attached hydrogens (tertiary/aromatic N) is 2. The third-order valence-corrected chi connectivity index (χ3v) is 6.34. The zero-order chi connectivity index (χ0) is 23.8. The van der Waals surface area contributed by atoms with Crippen molar-refractivity contribution in [3.05, 3.63) is 132 Å². The SMILES string of the molecule is O=C(C[n+]1cn(C(c2ccccc2)c2cc3ccccc3o2)c2ccccc21)c1ccc(O)cc1.[Br-]. The molecule has 0 saturated carbocycles. The highest BCUT2D eigenvalue weighted by molar-refractivity contribution is 5.95. The Morgan fingerprint density at radius 2 is 1.56 bits per heavy atom. The van der Waals surface area contributed by atoms with Crippen LogP contribution in [0.3, 0.4) is 0 Å². The quantitative estimate of drug-likeness (QED) is 0.262. The van der Waals surface area contributed by atoms with Gasteiger partial charge in [-0.3, -0.25) is 4.79 Å². The zero-order valence-corrected chi connectivity index (χ0v) is 20.9. The van der Waals surface area contributed by atoms with Gasteiger partial charge in [-0.15, -0.1) is 0 Å². The van der Waals surface area contributed by atoms with Gasteiger partial charge in [-0.2, -0.15) is 0 Å². The highest BCUT2D eigenvalue weighted by Crippen LogP contribution is 2.33. The van der Waals surface area contributed by atoms with Gasteiger partial charge in [0, 0.05) is 16.5 Å². The predicted octanol–water partition coefficient (Wildman–Crippen LogP) is 2.91. The van der Waals surface area contributed by atoms with Crippen LogP contribution in [0.25, 0.3) is 22.0 Å². The average molecular weight is 539 g/mol. The first-order valence-corrected chi connectivity index (χ1v) is 11.5. The van der Waals surface area contributed by atoms with E-state index in [0.717, 1.165) is 33.3 Å². The van der Waals surface area contributed by atoms with Crippen LogP contribution in [0.15, 0.2) is 120 Å².